The predicted octanol–water partition coefficient (Wildman–Crippen LogP) is 17.9. The van der Waals surface area contributed by atoms with Crippen LogP contribution in [0.15, 0.2) is 191 Å². The Morgan fingerprint density at radius 2 is 0.953 bits per heavy atom. The predicted molar refractivity (Wildman–Crippen MR) is 265 cm³/mol. The number of halogens is 2. The zero-order valence-electron chi connectivity index (χ0n) is 36.0. The summed E-state index contributed by atoms with van der Waals surface area (Å²) in [5.74, 6) is -0.370. The highest BCUT2D eigenvalue weighted by atomic mass is 19.1. The molecule has 0 N–H and O–H groups in total. The Labute approximate surface area is 369 Å². The van der Waals surface area contributed by atoms with Crippen molar-refractivity contribution in [3.63, 3.8) is 0 Å². The van der Waals surface area contributed by atoms with Crippen LogP contribution >= 0.6 is 0 Å². The lowest BCUT2D eigenvalue weighted by atomic mass is 9.91. The second-order valence-electron chi connectivity index (χ2n) is 17.3. The Balaban J connectivity index is 1.17. The van der Waals surface area contributed by atoms with Crippen LogP contribution in [0.5, 0.6) is 0 Å². The lowest BCUT2D eigenvalue weighted by molar-refractivity contribution is 0.628. The lowest BCUT2D eigenvalue weighted by Crippen LogP contribution is -2.15. The summed E-state index contributed by atoms with van der Waals surface area (Å²) in [6.07, 6.45) is 2.99. The van der Waals surface area contributed by atoms with E-state index in [2.05, 4.69) is 160 Å². The number of nitrogens with zero attached hydrogens (tertiary/aromatic N) is 2. The zero-order chi connectivity index (χ0) is 44.0. The first-order chi connectivity index (χ1) is 31.1. The molecule has 64 heavy (non-hydrogen) atoms. The number of fused-ring (bicyclic) bond motifs is 6. The summed E-state index contributed by atoms with van der Waals surface area (Å²) >= 11 is 0. The van der Waals surface area contributed by atoms with Gasteiger partial charge in [0.15, 0.2) is 11.2 Å². The van der Waals surface area contributed by atoms with Gasteiger partial charge in [0.05, 0.1) is 22.7 Å². The van der Waals surface area contributed by atoms with E-state index in [0.29, 0.717) is 11.3 Å². The average Bonchev–Trinajstić information content (AvgIpc) is 3.88. The summed E-state index contributed by atoms with van der Waals surface area (Å²) in [5.41, 5.74) is 10.2. The van der Waals surface area contributed by atoms with Crippen LogP contribution in [0.3, 0.4) is 0 Å². The van der Waals surface area contributed by atoms with E-state index < -0.39 is 5.83 Å². The highest BCUT2D eigenvalue weighted by molar-refractivity contribution is 6.28. The molecular weight excluding hydrogens is 795 g/mol. The molecule has 0 spiro atoms. The molecule has 0 bridgehead atoms. The highest BCUT2D eigenvalue weighted by Gasteiger charge is 2.26. The third-order valence-electron chi connectivity index (χ3n) is 12.7. The topological polar surface area (TPSA) is 32.8 Å². The molecule has 2 aromatic heterocycles. The SMILES string of the molecule is C=C(F)/C=C\C(=C)N(c1ccc2ccc3c(N(c4ccc(F)cc4)c4cccc5c4oc4c(C(C)C)cccc45)ccc4ccc1c2c43)c1cccc2c1oc1c(C(C)C)cccc12. The summed E-state index contributed by atoms with van der Waals surface area (Å²) < 4.78 is 42.7. The van der Waals surface area contributed by atoms with Crippen molar-refractivity contribution >= 4 is 105 Å². The molecule has 0 unspecified atom stereocenters. The number of anilines is 5. The molecule has 0 fully saturated rings. The first-order valence-electron chi connectivity index (χ1n) is 21.7. The Morgan fingerprint density at radius 1 is 0.484 bits per heavy atom. The standard InChI is InChI=1S/C58H44F2N2O2/c1-33(2)41-11-7-13-43-45-15-9-17-51(57(45)63-55(41)43)61(36(6)20-19-35(5)59)49-31-23-37-22-30-48-50(32-24-38-21-29-47(49)53(37)54(38)48)62(40-27-25-39(60)26-28-40)52-18-10-16-46-44-14-8-12-42(34(3)4)56(44)64-58(46)52/h7-34H,5-6H2,1-4H3/b20-19-. The van der Waals surface area contributed by atoms with Gasteiger partial charge in [-0.05, 0) is 105 Å². The Hall–Kier alpha value is -7.70. The van der Waals surface area contributed by atoms with Gasteiger partial charge in [0, 0.05) is 43.7 Å². The van der Waals surface area contributed by atoms with Crippen molar-refractivity contribution < 1.29 is 17.6 Å². The lowest BCUT2D eigenvalue weighted by Gasteiger charge is -2.29. The molecule has 0 radical (unpaired) electrons. The maximum Gasteiger partial charge on any atom is 0.159 e. The Morgan fingerprint density at radius 3 is 1.50 bits per heavy atom. The first-order valence-corrected chi connectivity index (χ1v) is 21.7. The fourth-order valence-corrected chi connectivity index (χ4v) is 9.77. The molecule has 6 heteroatoms. The Kier molecular flexibility index (Phi) is 9.17. The van der Waals surface area contributed by atoms with Crippen molar-refractivity contribution in [2.75, 3.05) is 9.80 Å². The molecule has 4 nitrogen and oxygen atoms in total. The van der Waals surface area contributed by atoms with Gasteiger partial charge in [-0.2, -0.15) is 0 Å². The molecule has 0 atom stereocenters. The number of furan rings is 2. The van der Waals surface area contributed by atoms with E-state index in [-0.39, 0.29) is 17.7 Å². The number of allylic oxidation sites excluding steroid dienone is 3. The summed E-state index contributed by atoms with van der Waals surface area (Å²) in [4.78, 5) is 4.24. The van der Waals surface area contributed by atoms with Crippen LogP contribution in [0.2, 0.25) is 0 Å². The van der Waals surface area contributed by atoms with E-state index in [9.17, 15) is 8.78 Å². The van der Waals surface area contributed by atoms with Crippen molar-refractivity contribution in [3.8, 4) is 0 Å². The quantitative estimate of drug-likeness (QED) is 0.101. The third-order valence-corrected chi connectivity index (χ3v) is 12.7. The molecule has 2 heterocycles. The van der Waals surface area contributed by atoms with Crippen LogP contribution in [-0.4, -0.2) is 0 Å². The van der Waals surface area contributed by atoms with E-state index in [1.807, 2.05) is 24.3 Å². The van der Waals surface area contributed by atoms with Crippen LogP contribution in [0.1, 0.15) is 50.7 Å². The number of hydrogen-bond donors (Lipinski definition) is 0. The fourth-order valence-electron chi connectivity index (χ4n) is 9.77. The molecule has 0 saturated carbocycles. The summed E-state index contributed by atoms with van der Waals surface area (Å²) in [5, 5.41) is 10.3. The monoisotopic (exact) mass is 838 g/mol. The molecular formula is C58H44F2N2O2. The van der Waals surface area contributed by atoms with Crippen LogP contribution in [0, 0.1) is 5.82 Å². The minimum atomic E-state index is -0.572. The minimum Gasteiger partial charge on any atom is -0.454 e. The van der Waals surface area contributed by atoms with Gasteiger partial charge in [-0.3, -0.25) is 0 Å². The summed E-state index contributed by atoms with van der Waals surface area (Å²) in [6, 6.07) is 48.9. The van der Waals surface area contributed by atoms with Gasteiger partial charge in [-0.15, -0.1) is 0 Å². The summed E-state index contributed by atoms with van der Waals surface area (Å²) in [6.45, 7) is 16.7. The minimum absolute atomic E-state index is 0.253. The molecule has 0 saturated heterocycles. The van der Waals surface area contributed by atoms with Gasteiger partial charge >= 0.3 is 0 Å². The van der Waals surface area contributed by atoms with Gasteiger partial charge in [0.2, 0.25) is 0 Å². The number of rotatable bonds is 10. The van der Waals surface area contributed by atoms with Crippen molar-refractivity contribution in [3.05, 3.63) is 199 Å². The number of para-hydroxylation sites is 4. The van der Waals surface area contributed by atoms with Crippen molar-refractivity contribution in [1.29, 1.82) is 0 Å². The van der Waals surface area contributed by atoms with Gasteiger partial charge in [-0.25, -0.2) is 8.78 Å². The van der Waals surface area contributed by atoms with Crippen molar-refractivity contribution in [2.45, 2.75) is 39.5 Å². The van der Waals surface area contributed by atoms with Gasteiger partial charge < -0.3 is 18.6 Å². The van der Waals surface area contributed by atoms with Crippen LogP contribution < -0.4 is 9.80 Å². The summed E-state index contributed by atoms with van der Waals surface area (Å²) in [7, 11) is 0. The number of benzene rings is 9. The normalized spacial score (nSPS) is 12.2. The van der Waals surface area contributed by atoms with Gasteiger partial charge in [0.1, 0.15) is 22.8 Å². The van der Waals surface area contributed by atoms with Crippen LogP contribution in [0.25, 0.3) is 76.2 Å². The molecule has 11 rings (SSSR count). The smallest absolute Gasteiger partial charge is 0.159 e. The maximum absolute atomic E-state index is 14.7. The Bertz CT molecular complexity index is 3700. The zero-order valence-corrected chi connectivity index (χ0v) is 36.0. The van der Waals surface area contributed by atoms with E-state index in [1.54, 1.807) is 6.08 Å². The largest absolute Gasteiger partial charge is 0.454 e. The molecule has 0 amide bonds. The molecule has 11 aromatic rings. The third kappa shape index (κ3) is 6.08. The molecule has 312 valence electrons. The van der Waals surface area contributed by atoms with Gasteiger partial charge in [0.25, 0.3) is 0 Å². The van der Waals surface area contributed by atoms with E-state index in [1.165, 1.54) is 18.2 Å². The second-order valence-corrected chi connectivity index (χ2v) is 17.3. The molecule has 0 aliphatic carbocycles. The molecule has 0 aliphatic rings. The number of hydrogen-bond acceptors (Lipinski definition) is 4. The molecule has 9 aromatic carbocycles. The average molecular weight is 839 g/mol. The van der Waals surface area contributed by atoms with Crippen molar-refractivity contribution in [1.82, 2.24) is 0 Å². The maximum atomic E-state index is 14.7. The van der Waals surface area contributed by atoms with E-state index in [0.717, 1.165) is 110 Å². The second kappa shape index (κ2) is 15.0. The molecule has 0 aliphatic heterocycles. The van der Waals surface area contributed by atoms with Crippen LogP contribution in [-0.2, 0) is 0 Å². The van der Waals surface area contributed by atoms with Gasteiger partial charge in [-0.1, -0.05) is 138 Å². The van der Waals surface area contributed by atoms with Crippen LogP contribution in [0.4, 0.5) is 37.2 Å². The fraction of sp³-hybridized carbons (Fsp3) is 0.103. The van der Waals surface area contributed by atoms with Crippen molar-refractivity contribution in [2.24, 2.45) is 0 Å². The van der Waals surface area contributed by atoms with E-state index >= 15 is 0 Å². The van der Waals surface area contributed by atoms with E-state index in [4.69, 9.17) is 8.83 Å². The first kappa shape index (κ1) is 39.2. The highest BCUT2D eigenvalue weighted by Crippen LogP contribution is 2.50.